The van der Waals surface area contributed by atoms with Gasteiger partial charge in [-0.1, -0.05) is 31.0 Å². The van der Waals surface area contributed by atoms with Crippen LogP contribution in [0.3, 0.4) is 0 Å². The van der Waals surface area contributed by atoms with Crippen LogP contribution in [0, 0.1) is 10.7 Å². The van der Waals surface area contributed by atoms with Crippen molar-refractivity contribution in [2.45, 2.75) is 37.7 Å². The minimum Gasteiger partial charge on any atom is -0.389 e. The molecule has 1 amide bonds. The Kier molecular flexibility index (Phi) is 4.25. The van der Waals surface area contributed by atoms with E-state index in [0.717, 1.165) is 31.4 Å². The first-order chi connectivity index (χ1) is 12.1. The van der Waals surface area contributed by atoms with Crippen LogP contribution in [0.25, 0.3) is 5.69 Å². The van der Waals surface area contributed by atoms with Gasteiger partial charge in [0.25, 0.3) is 5.91 Å². The number of para-hydroxylation sites is 1. The average molecular weight is 357 g/mol. The van der Waals surface area contributed by atoms with E-state index in [2.05, 4.69) is 4.98 Å². The Morgan fingerprint density at radius 3 is 2.84 bits per heavy atom. The Bertz CT molecular complexity index is 829. The second-order valence-electron chi connectivity index (χ2n) is 7.20. The molecule has 2 aromatic rings. The Labute approximate surface area is 152 Å². The van der Waals surface area contributed by atoms with Gasteiger partial charge >= 0.3 is 0 Å². The number of hydrogen-bond acceptors (Lipinski definition) is 3. The zero-order valence-corrected chi connectivity index (χ0v) is 15.0. The smallest absolute Gasteiger partial charge is 0.272 e. The third-order valence-electron chi connectivity index (χ3n) is 5.72. The minimum absolute atomic E-state index is 0.0242. The van der Waals surface area contributed by atoms with Crippen molar-refractivity contribution < 1.29 is 9.90 Å². The van der Waals surface area contributed by atoms with E-state index < -0.39 is 5.60 Å². The molecule has 25 heavy (non-hydrogen) atoms. The van der Waals surface area contributed by atoms with Crippen molar-refractivity contribution in [1.29, 1.82) is 0 Å². The molecular weight excluding hydrogens is 334 g/mol. The fraction of sp³-hybridized carbons (Fsp3) is 0.474. The molecule has 1 aliphatic heterocycles. The summed E-state index contributed by atoms with van der Waals surface area (Å²) in [6, 6.07) is 9.69. The van der Waals surface area contributed by atoms with Crippen LogP contribution < -0.4 is 0 Å². The highest BCUT2D eigenvalue weighted by molar-refractivity contribution is 7.71. The first-order valence-electron chi connectivity index (χ1n) is 8.96. The highest BCUT2D eigenvalue weighted by atomic mass is 32.1. The Morgan fingerprint density at radius 1 is 1.24 bits per heavy atom. The maximum atomic E-state index is 13.1. The Morgan fingerprint density at radius 2 is 2.04 bits per heavy atom. The number of carbonyl (C=O) groups excluding carboxylic acids is 1. The number of nitrogens with zero attached hydrogens (tertiary/aromatic N) is 2. The van der Waals surface area contributed by atoms with Gasteiger partial charge in [0.05, 0.1) is 5.60 Å². The molecular formula is C19H23N3O2S. The Balaban J connectivity index is 1.61. The number of nitrogens with one attached hydrogen (secondary N) is 1. The summed E-state index contributed by atoms with van der Waals surface area (Å²) in [6.45, 7) is 1.22. The van der Waals surface area contributed by atoms with Gasteiger partial charge in [0, 0.05) is 30.9 Å². The van der Waals surface area contributed by atoms with E-state index >= 15 is 0 Å². The SMILES string of the molecule is O=C(c1c[nH]c(=S)n1-c1ccccc1)N1CC[C@@]2(O)CCCC[C@H]2C1. The minimum atomic E-state index is -0.578. The number of fused-ring (bicyclic) bond motifs is 1. The van der Waals surface area contributed by atoms with Gasteiger partial charge < -0.3 is 15.0 Å². The van der Waals surface area contributed by atoms with E-state index in [9.17, 15) is 9.90 Å². The van der Waals surface area contributed by atoms with E-state index in [4.69, 9.17) is 12.2 Å². The van der Waals surface area contributed by atoms with Crippen molar-refractivity contribution in [3.63, 3.8) is 0 Å². The molecule has 2 fully saturated rings. The van der Waals surface area contributed by atoms with Crippen LogP contribution in [-0.2, 0) is 0 Å². The molecule has 132 valence electrons. The van der Waals surface area contributed by atoms with Gasteiger partial charge in [0.15, 0.2) is 4.77 Å². The summed E-state index contributed by atoms with van der Waals surface area (Å²) in [4.78, 5) is 18.0. The number of aromatic nitrogens is 2. The van der Waals surface area contributed by atoms with Gasteiger partial charge in [-0.2, -0.15) is 0 Å². The third-order valence-corrected chi connectivity index (χ3v) is 6.03. The molecule has 0 radical (unpaired) electrons. The average Bonchev–Trinajstić information content (AvgIpc) is 3.02. The molecule has 1 saturated heterocycles. The third kappa shape index (κ3) is 2.93. The molecule has 1 saturated carbocycles. The molecule has 2 atom stereocenters. The number of amides is 1. The van der Waals surface area contributed by atoms with E-state index in [-0.39, 0.29) is 11.8 Å². The van der Waals surface area contributed by atoms with Gasteiger partial charge in [-0.3, -0.25) is 9.36 Å². The highest BCUT2D eigenvalue weighted by Gasteiger charge is 2.44. The zero-order valence-electron chi connectivity index (χ0n) is 14.1. The van der Waals surface area contributed by atoms with Gasteiger partial charge in [-0.15, -0.1) is 0 Å². The zero-order chi connectivity index (χ0) is 17.4. The first-order valence-corrected chi connectivity index (χ1v) is 9.37. The normalized spacial score (nSPS) is 26.3. The number of H-pyrrole nitrogens is 1. The van der Waals surface area contributed by atoms with Crippen LogP contribution in [0.2, 0.25) is 0 Å². The van der Waals surface area contributed by atoms with Gasteiger partial charge in [0.1, 0.15) is 5.69 Å². The molecule has 2 N–H and O–H groups in total. The van der Waals surface area contributed by atoms with Crippen LogP contribution in [0.5, 0.6) is 0 Å². The largest absolute Gasteiger partial charge is 0.389 e. The number of benzene rings is 1. The number of piperidine rings is 1. The van der Waals surface area contributed by atoms with Gasteiger partial charge in [0.2, 0.25) is 0 Å². The predicted molar refractivity (Wildman–Crippen MR) is 98.4 cm³/mol. The number of imidazole rings is 1. The molecule has 0 bridgehead atoms. The van der Waals surface area contributed by atoms with Crippen LogP contribution in [0.4, 0.5) is 0 Å². The van der Waals surface area contributed by atoms with Crippen LogP contribution in [0.1, 0.15) is 42.6 Å². The van der Waals surface area contributed by atoms with Crippen molar-refractivity contribution in [1.82, 2.24) is 14.5 Å². The number of hydrogen-bond donors (Lipinski definition) is 2. The van der Waals surface area contributed by atoms with Gasteiger partial charge in [-0.05, 0) is 43.6 Å². The van der Waals surface area contributed by atoms with E-state index in [1.54, 1.807) is 10.8 Å². The lowest BCUT2D eigenvalue weighted by molar-refractivity contribution is -0.0887. The van der Waals surface area contributed by atoms with E-state index in [0.29, 0.717) is 30.0 Å². The highest BCUT2D eigenvalue weighted by Crippen LogP contribution is 2.40. The summed E-state index contributed by atoms with van der Waals surface area (Å²) in [5.41, 5.74) is 0.854. The van der Waals surface area contributed by atoms with Crippen molar-refractivity contribution in [3.05, 3.63) is 47.0 Å². The fourth-order valence-electron chi connectivity index (χ4n) is 4.28. The lowest BCUT2D eigenvalue weighted by Gasteiger charge is -2.47. The van der Waals surface area contributed by atoms with Gasteiger partial charge in [-0.25, -0.2) is 0 Å². The molecule has 1 aromatic heterocycles. The first kappa shape index (κ1) is 16.5. The fourth-order valence-corrected chi connectivity index (χ4v) is 4.54. The van der Waals surface area contributed by atoms with Crippen molar-refractivity contribution >= 4 is 18.1 Å². The maximum Gasteiger partial charge on any atom is 0.272 e. The number of aromatic amines is 1. The number of likely N-dealkylation sites (tertiary alicyclic amines) is 1. The second-order valence-corrected chi connectivity index (χ2v) is 7.58. The van der Waals surface area contributed by atoms with Crippen molar-refractivity contribution in [2.75, 3.05) is 13.1 Å². The number of carbonyl (C=O) groups is 1. The van der Waals surface area contributed by atoms with Crippen LogP contribution in [-0.4, -0.2) is 44.2 Å². The summed E-state index contributed by atoms with van der Waals surface area (Å²) in [6.07, 6.45) is 6.45. The predicted octanol–water partition coefficient (Wildman–Crippen LogP) is 3.30. The summed E-state index contributed by atoms with van der Waals surface area (Å²) in [5.74, 6) is 0.162. The summed E-state index contributed by atoms with van der Waals surface area (Å²) in [5, 5.41) is 10.8. The molecule has 4 rings (SSSR count). The lowest BCUT2D eigenvalue weighted by atomic mass is 9.71. The number of rotatable bonds is 2. The molecule has 5 nitrogen and oxygen atoms in total. The lowest BCUT2D eigenvalue weighted by Crippen LogP contribution is -2.54. The van der Waals surface area contributed by atoms with Crippen LogP contribution >= 0.6 is 12.2 Å². The number of aliphatic hydroxyl groups is 1. The summed E-state index contributed by atoms with van der Waals surface area (Å²) in [7, 11) is 0. The molecule has 0 spiro atoms. The molecule has 6 heteroatoms. The maximum absolute atomic E-state index is 13.1. The van der Waals surface area contributed by atoms with Crippen molar-refractivity contribution in [3.8, 4) is 5.69 Å². The molecule has 2 heterocycles. The topological polar surface area (TPSA) is 61.3 Å². The van der Waals surface area contributed by atoms with E-state index in [1.165, 1.54) is 0 Å². The molecule has 1 aromatic carbocycles. The molecule has 1 aliphatic carbocycles. The summed E-state index contributed by atoms with van der Waals surface area (Å²) < 4.78 is 2.31. The van der Waals surface area contributed by atoms with E-state index in [1.807, 2.05) is 35.2 Å². The van der Waals surface area contributed by atoms with Crippen molar-refractivity contribution in [2.24, 2.45) is 5.92 Å². The summed E-state index contributed by atoms with van der Waals surface area (Å²) >= 11 is 5.38. The second kappa shape index (κ2) is 6.42. The Hall–Kier alpha value is -1.92. The molecule has 2 aliphatic rings. The standard InChI is InChI=1S/C19H23N3O2S/c23-17(21-11-10-19(24)9-5-4-6-14(19)13-21)16-12-20-18(25)22(16)15-7-2-1-3-8-15/h1-3,7-8,12,14,24H,4-6,9-11,13H2,(H,20,25)/t14-,19-/m0/s1. The molecule has 0 unspecified atom stereocenters. The van der Waals surface area contributed by atoms with Crippen LogP contribution in [0.15, 0.2) is 36.5 Å². The quantitative estimate of drug-likeness (QED) is 0.811. The monoisotopic (exact) mass is 357 g/mol.